The second kappa shape index (κ2) is 9.75. The predicted molar refractivity (Wildman–Crippen MR) is 73.3 cm³/mol. The summed E-state index contributed by atoms with van der Waals surface area (Å²) < 4.78 is 10.2. The Labute approximate surface area is 114 Å². The van der Waals surface area contributed by atoms with Crippen LogP contribution in [0.25, 0.3) is 0 Å². The molecule has 0 aliphatic rings. The Bertz CT molecular complexity index is 329. The molecule has 1 aromatic carbocycles. The summed E-state index contributed by atoms with van der Waals surface area (Å²) in [6, 6.07) is 7.38. The van der Waals surface area contributed by atoms with Crippen molar-refractivity contribution in [2.24, 2.45) is 0 Å². The van der Waals surface area contributed by atoms with E-state index >= 15 is 0 Å². The third-order valence-electron chi connectivity index (χ3n) is 2.72. The third kappa shape index (κ3) is 6.54. The van der Waals surface area contributed by atoms with E-state index in [1.807, 2.05) is 24.3 Å². The molecule has 1 rings (SSSR count). The van der Waals surface area contributed by atoms with Gasteiger partial charge < -0.3 is 25.0 Å². The highest BCUT2D eigenvalue weighted by molar-refractivity contribution is 5.28. The van der Waals surface area contributed by atoms with Crippen molar-refractivity contribution in [3.8, 4) is 5.75 Å². The molecule has 0 aliphatic heterocycles. The van der Waals surface area contributed by atoms with Gasteiger partial charge in [0.25, 0.3) is 0 Å². The first-order valence-electron chi connectivity index (χ1n) is 6.49. The Kier molecular flexibility index (Phi) is 8.16. The zero-order valence-corrected chi connectivity index (χ0v) is 11.3. The van der Waals surface area contributed by atoms with Crippen LogP contribution in [0.2, 0.25) is 0 Å². The minimum Gasteiger partial charge on any atom is -0.497 e. The fraction of sp³-hybridized carbons (Fsp3) is 0.571. The number of ether oxygens (including phenoxy) is 2. The molecular weight excluding hydrogens is 246 g/mol. The average molecular weight is 269 g/mol. The third-order valence-corrected chi connectivity index (χ3v) is 2.72. The molecule has 1 unspecified atom stereocenters. The molecule has 0 aliphatic carbocycles. The lowest BCUT2D eigenvalue weighted by Crippen LogP contribution is -2.23. The Morgan fingerprint density at radius 3 is 2.58 bits per heavy atom. The summed E-state index contributed by atoms with van der Waals surface area (Å²) in [5, 5.41) is 21.6. The molecule has 5 heteroatoms. The first kappa shape index (κ1) is 15.9. The van der Waals surface area contributed by atoms with Crippen LogP contribution in [-0.4, -0.2) is 50.2 Å². The zero-order chi connectivity index (χ0) is 13.9. The van der Waals surface area contributed by atoms with E-state index in [-0.39, 0.29) is 6.61 Å². The molecule has 108 valence electrons. The van der Waals surface area contributed by atoms with Crippen LogP contribution in [0.5, 0.6) is 5.75 Å². The highest BCUT2D eigenvalue weighted by atomic mass is 16.5. The van der Waals surface area contributed by atoms with Gasteiger partial charge in [-0.1, -0.05) is 12.1 Å². The Morgan fingerprint density at radius 1 is 1.21 bits per heavy atom. The van der Waals surface area contributed by atoms with E-state index < -0.39 is 6.10 Å². The van der Waals surface area contributed by atoms with Crippen LogP contribution >= 0.6 is 0 Å². The van der Waals surface area contributed by atoms with Gasteiger partial charge in [-0.3, -0.25) is 0 Å². The largest absolute Gasteiger partial charge is 0.497 e. The highest BCUT2D eigenvalue weighted by Crippen LogP contribution is 2.16. The normalized spacial score (nSPS) is 12.4. The molecule has 0 bridgehead atoms. The highest BCUT2D eigenvalue weighted by Gasteiger charge is 2.06. The average Bonchev–Trinajstić information content (AvgIpc) is 2.46. The molecule has 19 heavy (non-hydrogen) atoms. The van der Waals surface area contributed by atoms with Crippen molar-refractivity contribution in [2.75, 3.05) is 40.0 Å². The molecule has 0 spiro atoms. The van der Waals surface area contributed by atoms with Crippen LogP contribution in [-0.2, 0) is 4.74 Å². The Balaban J connectivity index is 2.14. The molecule has 5 nitrogen and oxygen atoms in total. The van der Waals surface area contributed by atoms with Gasteiger partial charge in [0, 0.05) is 13.2 Å². The number of methoxy groups -OCH3 is 1. The molecule has 1 aromatic rings. The quantitative estimate of drug-likeness (QED) is 0.546. The van der Waals surface area contributed by atoms with E-state index in [0.29, 0.717) is 19.8 Å². The topological polar surface area (TPSA) is 71.0 Å². The first-order valence-corrected chi connectivity index (χ1v) is 6.49. The Hall–Kier alpha value is -1.14. The van der Waals surface area contributed by atoms with Gasteiger partial charge in [-0.2, -0.15) is 0 Å². The predicted octanol–water partition coefficient (Wildman–Crippen LogP) is 0.717. The van der Waals surface area contributed by atoms with Crippen LogP contribution in [0.1, 0.15) is 18.1 Å². The van der Waals surface area contributed by atoms with Crippen molar-refractivity contribution in [1.82, 2.24) is 5.32 Å². The Morgan fingerprint density at radius 2 is 1.95 bits per heavy atom. The second-order valence-corrected chi connectivity index (χ2v) is 4.18. The lowest BCUT2D eigenvalue weighted by molar-refractivity contribution is 0.0899. The van der Waals surface area contributed by atoms with Gasteiger partial charge in [0.15, 0.2) is 0 Å². The summed E-state index contributed by atoms with van der Waals surface area (Å²) in [4.78, 5) is 0. The van der Waals surface area contributed by atoms with Crippen LogP contribution < -0.4 is 10.1 Å². The number of hydrogen-bond acceptors (Lipinski definition) is 5. The van der Waals surface area contributed by atoms with Gasteiger partial charge in [0.1, 0.15) is 5.75 Å². The maximum Gasteiger partial charge on any atom is 0.118 e. The molecular formula is C14H23NO4. The standard InChI is InChI=1S/C14H23NO4/c1-18-13-5-3-12(4-6-13)14(17)11-15-7-2-9-19-10-8-16/h3-6,14-17H,2,7-11H2,1H3. The van der Waals surface area contributed by atoms with E-state index in [1.54, 1.807) is 7.11 Å². The number of aliphatic hydroxyl groups excluding tert-OH is 2. The second-order valence-electron chi connectivity index (χ2n) is 4.18. The van der Waals surface area contributed by atoms with Gasteiger partial charge in [0.2, 0.25) is 0 Å². The number of rotatable bonds is 10. The van der Waals surface area contributed by atoms with Gasteiger partial charge >= 0.3 is 0 Å². The van der Waals surface area contributed by atoms with Crippen molar-refractivity contribution in [3.05, 3.63) is 29.8 Å². The molecule has 0 heterocycles. The van der Waals surface area contributed by atoms with Crippen LogP contribution in [0, 0.1) is 0 Å². The molecule has 1 atom stereocenters. The zero-order valence-electron chi connectivity index (χ0n) is 11.3. The molecule has 3 N–H and O–H groups in total. The molecule has 0 aromatic heterocycles. The SMILES string of the molecule is COc1ccc(C(O)CNCCCOCCO)cc1. The van der Waals surface area contributed by atoms with Gasteiger partial charge in [-0.05, 0) is 30.7 Å². The van der Waals surface area contributed by atoms with E-state index in [0.717, 1.165) is 24.3 Å². The van der Waals surface area contributed by atoms with E-state index in [4.69, 9.17) is 14.6 Å². The summed E-state index contributed by atoms with van der Waals surface area (Å²) in [5.74, 6) is 0.782. The maximum absolute atomic E-state index is 9.96. The summed E-state index contributed by atoms with van der Waals surface area (Å²) in [6.07, 6.45) is 0.333. The summed E-state index contributed by atoms with van der Waals surface area (Å²) >= 11 is 0. The van der Waals surface area contributed by atoms with Crippen LogP contribution in [0.15, 0.2) is 24.3 Å². The minimum atomic E-state index is -0.524. The number of nitrogens with one attached hydrogen (secondary N) is 1. The summed E-state index contributed by atoms with van der Waals surface area (Å²) in [6.45, 7) is 2.34. The van der Waals surface area contributed by atoms with Crippen molar-refractivity contribution >= 4 is 0 Å². The molecule has 0 saturated heterocycles. The number of benzene rings is 1. The lowest BCUT2D eigenvalue weighted by atomic mass is 10.1. The number of hydrogen-bond donors (Lipinski definition) is 3. The summed E-state index contributed by atoms with van der Waals surface area (Å²) in [5.41, 5.74) is 0.866. The fourth-order valence-electron chi connectivity index (χ4n) is 1.65. The first-order chi connectivity index (χ1) is 9.27. The van der Waals surface area contributed by atoms with E-state index in [2.05, 4.69) is 5.32 Å². The summed E-state index contributed by atoms with van der Waals surface area (Å²) in [7, 11) is 1.62. The van der Waals surface area contributed by atoms with Gasteiger partial charge in [-0.25, -0.2) is 0 Å². The van der Waals surface area contributed by atoms with Gasteiger partial charge in [0.05, 0.1) is 26.4 Å². The van der Waals surface area contributed by atoms with Gasteiger partial charge in [-0.15, -0.1) is 0 Å². The van der Waals surface area contributed by atoms with Crippen molar-refractivity contribution in [3.63, 3.8) is 0 Å². The van der Waals surface area contributed by atoms with Crippen molar-refractivity contribution in [1.29, 1.82) is 0 Å². The monoisotopic (exact) mass is 269 g/mol. The maximum atomic E-state index is 9.96. The molecule has 0 amide bonds. The molecule has 0 fully saturated rings. The lowest BCUT2D eigenvalue weighted by Gasteiger charge is -2.12. The number of aliphatic hydroxyl groups is 2. The fourth-order valence-corrected chi connectivity index (χ4v) is 1.65. The van der Waals surface area contributed by atoms with Crippen molar-refractivity contribution in [2.45, 2.75) is 12.5 Å². The smallest absolute Gasteiger partial charge is 0.118 e. The van der Waals surface area contributed by atoms with Crippen LogP contribution in [0.4, 0.5) is 0 Å². The van der Waals surface area contributed by atoms with E-state index in [1.165, 1.54) is 0 Å². The van der Waals surface area contributed by atoms with Crippen LogP contribution in [0.3, 0.4) is 0 Å². The minimum absolute atomic E-state index is 0.0591. The molecule has 0 saturated carbocycles. The molecule has 0 radical (unpaired) electrons. The van der Waals surface area contributed by atoms with Crippen molar-refractivity contribution < 1.29 is 19.7 Å². The van der Waals surface area contributed by atoms with E-state index in [9.17, 15) is 5.11 Å².